The van der Waals surface area contributed by atoms with E-state index in [4.69, 9.17) is 9.84 Å². The molecule has 3 N–H and O–H groups in total. The van der Waals surface area contributed by atoms with Gasteiger partial charge in [0.05, 0.1) is 12.7 Å². The van der Waals surface area contributed by atoms with E-state index in [1.807, 2.05) is 18.2 Å². The lowest BCUT2D eigenvalue weighted by Crippen LogP contribution is -2.38. The number of fused-ring (bicyclic) bond motifs is 1. The molecule has 2 atom stereocenters. The molecule has 0 aromatic heterocycles. The molecule has 4 nitrogen and oxygen atoms in total. The normalized spacial score (nSPS) is 20.5. The topological polar surface area (TPSA) is 61.7 Å². The SMILES string of the molecule is OCC(O)CNCC1CCc2ccccc2O1. The third-order valence-corrected chi connectivity index (χ3v) is 2.96. The van der Waals surface area contributed by atoms with Gasteiger partial charge in [-0.3, -0.25) is 0 Å². The van der Waals surface area contributed by atoms with E-state index in [0.717, 1.165) is 18.6 Å². The average molecular weight is 237 g/mol. The molecule has 1 aromatic carbocycles. The van der Waals surface area contributed by atoms with Crippen molar-refractivity contribution < 1.29 is 14.9 Å². The first kappa shape index (κ1) is 12.4. The quantitative estimate of drug-likeness (QED) is 0.690. The Labute approximate surface area is 101 Å². The van der Waals surface area contributed by atoms with Crippen molar-refractivity contribution in [1.82, 2.24) is 5.32 Å². The van der Waals surface area contributed by atoms with Crippen LogP contribution in [0.25, 0.3) is 0 Å². The lowest BCUT2D eigenvalue weighted by molar-refractivity contribution is 0.0893. The maximum absolute atomic E-state index is 9.19. The molecule has 0 amide bonds. The van der Waals surface area contributed by atoms with E-state index in [9.17, 15) is 5.11 Å². The van der Waals surface area contributed by atoms with Crippen molar-refractivity contribution in [2.24, 2.45) is 0 Å². The van der Waals surface area contributed by atoms with Crippen LogP contribution < -0.4 is 10.1 Å². The third kappa shape index (κ3) is 3.43. The zero-order valence-corrected chi connectivity index (χ0v) is 9.80. The Morgan fingerprint density at radius 2 is 2.24 bits per heavy atom. The Morgan fingerprint density at radius 1 is 1.41 bits per heavy atom. The molecule has 2 rings (SSSR count). The monoisotopic (exact) mass is 237 g/mol. The molecule has 17 heavy (non-hydrogen) atoms. The molecule has 1 aliphatic heterocycles. The van der Waals surface area contributed by atoms with Gasteiger partial charge in [0, 0.05) is 13.1 Å². The summed E-state index contributed by atoms with van der Waals surface area (Å²) in [5.41, 5.74) is 1.26. The highest BCUT2D eigenvalue weighted by molar-refractivity contribution is 5.35. The molecule has 94 valence electrons. The zero-order valence-electron chi connectivity index (χ0n) is 9.80. The summed E-state index contributed by atoms with van der Waals surface area (Å²) in [6, 6.07) is 8.08. The van der Waals surface area contributed by atoms with E-state index in [2.05, 4.69) is 11.4 Å². The van der Waals surface area contributed by atoms with Gasteiger partial charge < -0.3 is 20.3 Å². The van der Waals surface area contributed by atoms with Crippen molar-refractivity contribution >= 4 is 0 Å². The molecule has 4 heteroatoms. The van der Waals surface area contributed by atoms with Crippen LogP contribution in [-0.2, 0) is 6.42 Å². The highest BCUT2D eigenvalue weighted by Crippen LogP contribution is 2.26. The summed E-state index contributed by atoms with van der Waals surface area (Å²) in [6.07, 6.45) is 1.48. The van der Waals surface area contributed by atoms with Gasteiger partial charge in [-0.2, -0.15) is 0 Å². The second kappa shape index (κ2) is 6.00. The van der Waals surface area contributed by atoms with Crippen LogP contribution in [0, 0.1) is 0 Å². The number of rotatable bonds is 5. The summed E-state index contributed by atoms with van der Waals surface area (Å²) in [6.45, 7) is 0.894. The minimum absolute atomic E-state index is 0.149. The van der Waals surface area contributed by atoms with E-state index in [1.165, 1.54) is 5.56 Å². The van der Waals surface area contributed by atoms with Crippen LogP contribution in [-0.4, -0.2) is 42.1 Å². The molecular weight excluding hydrogens is 218 g/mol. The zero-order chi connectivity index (χ0) is 12.1. The Balaban J connectivity index is 1.78. The maximum Gasteiger partial charge on any atom is 0.122 e. The van der Waals surface area contributed by atoms with Crippen LogP contribution in [0.4, 0.5) is 0 Å². The Hall–Kier alpha value is -1.10. The van der Waals surface area contributed by atoms with Gasteiger partial charge in [-0.1, -0.05) is 18.2 Å². The van der Waals surface area contributed by atoms with Gasteiger partial charge in [-0.25, -0.2) is 0 Å². The molecule has 2 unspecified atom stereocenters. The first-order valence-corrected chi connectivity index (χ1v) is 6.04. The standard InChI is InChI=1S/C13H19NO3/c15-9-11(16)7-14-8-12-6-5-10-3-1-2-4-13(10)17-12/h1-4,11-12,14-16H,5-9H2. The molecule has 0 bridgehead atoms. The number of benzene rings is 1. The number of ether oxygens (including phenoxy) is 1. The Bertz CT molecular complexity index is 356. The van der Waals surface area contributed by atoms with E-state index in [-0.39, 0.29) is 12.7 Å². The molecule has 0 fully saturated rings. The fourth-order valence-corrected chi connectivity index (χ4v) is 2.00. The largest absolute Gasteiger partial charge is 0.489 e. The predicted octanol–water partition coefficient (Wildman–Crippen LogP) is 0.323. The number of para-hydroxylation sites is 1. The molecular formula is C13H19NO3. The van der Waals surface area contributed by atoms with Crippen LogP contribution in [0.2, 0.25) is 0 Å². The number of hydrogen-bond acceptors (Lipinski definition) is 4. The van der Waals surface area contributed by atoms with E-state index in [0.29, 0.717) is 13.1 Å². The first-order chi connectivity index (χ1) is 8.29. The lowest BCUT2D eigenvalue weighted by Gasteiger charge is -2.26. The first-order valence-electron chi connectivity index (χ1n) is 6.04. The lowest BCUT2D eigenvalue weighted by atomic mass is 10.0. The van der Waals surface area contributed by atoms with Crippen molar-refractivity contribution in [3.05, 3.63) is 29.8 Å². The Kier molecular flexibility index (Phi) is 4.36. The highest BCUT2D eigenvalue weighted by atomic mass is 16.5. The van der Waals surface area contributed by atoms with Crippen molar-refractivity contribution in [2.45, 2.75) is 25.0 Å². The van der Waals surface area contributed by atoms with Crippen molar-refractivity contribution in [3.63, 3.8) is 0 Å². The Morgan fingerprint density at radius 3 is 3.06 bits per heavy atom. The number of nitrogens with one attached hydrogen (secondary N) is 1. The molecule has 0 saturated heterocycles. The fraction of sp³-hybridized carbons (Fsp3) is 0.538. The van der Waals surface area contributed by atoms with Crippen LogP contribution >= 0.6 is 0 Å². The molecule has 0 aliphatic carbocycles. The number of aliphatic hydroxyl groups excluding tert-OH is 2. The summed E-state index contributed by atoms with van der Waals surface area (Å²) in [5.74, 6) is 0.966. The second-order valence-electron chi connectivity index (χ2n) is 4.38. The number of aryl methyl sites for hydroxylation is 1. The van der Waals surface area contributed by atoms with Crippen LogP contribution in [0.1, 0.15) is 12.0 Å². The number of aliphatic hydroxyl groups is 2. The van der Waals surface area contributed by atoms with Gasteiger partial charge >= 0.3 is 0 Å². The summed E-state index contributed by atoms with van der Waals surface area (Å²) >= 11 is 0. The van der Waals surface area contributed by atoms with Gasteiger partial charge in [0.15, 0.2) is 0 Å². The van der Waals surface area contributed by atoms with Crippen molar-refractivity contribution in [1.29, 1.82) is 0 Å². The minimum atomic E-state index is -0.689. The van der Waals surface area contributed by atoms with Crippen molar-refractivity contribution in [2.75, 3.05) is 19.7 Å². The summed E-state index contributed by atoms with van der Waals surface area (Å²) in [5, 5.41) is 21.0. The minimum Gasteiger partial charge on any atom is -0.489 e. The molecule has 1 heterocycles. The predicted molar refractivity (Wildman–Crippen MR) is 65.1 cm³/mol. The highest BCUT2D eigenvalue weighted by Gasteiger charge is 2.18. The average Bonchev–Trinajstić information content (AvgIpc) is 2.38. The maximum atomic E-state index is 9.19. The van der Waals surface area contributed by atoms with E-state index >= 15 is 0 Å². The van der Waals surface area contributed by atoms with Crippen LogP contribution in [0.15, 0.2) is 24.3 Å². The van der Waals surface area contributed by atoms with E-state index in [1.54, 1.807) is 0 Å². The number of hydrogen-bond donors (Lipinski definition) is 3. The second-order valence-corrected chi connectivity index (χ2v) is 4.38. The smallest absolute Gasteiger partial charge is 0.122 e. The van der Waals surface area contributed by atoms with Gasteiger partial charge in [-0.15, -0.1) is 0 Å². The molecule has 1 aromatic rings. The third-order valence-electron chi connectivity index (χ3n) is 2.96. The molecule has 1 aliphatic rings. The van der Waals surface area contributed by atoms with Gasteiger partial charge in [0.1, 0.15) is 11.9 Å². The van der Waals surface area contributed by atoms with Gasteiger partial charge in [0.2, 0.25) is 0 Å². The van der Waals surface area contributed by atoms with Gasteiger partial charge in [0.25, 0.3) is 0 Å². The van der Waals surface area contributed by atoms with Crippen molar-refractivity contribution in [3.8, 4) is 5.75 Å². The van der Waals surface area contributed by atoms with Crippen LogP contribution in [0.5, 0.6) is 5.75 Å². The van der Waals surface area contributed by atoms with Gasteiger partial charge in [-0.05, 0) is 24.5 Å². The summed E-state index contributed by atoms with van der Waals surface area (Å²) in [4.78, 5) is 0. The summed E-state index contributed by atoms with van der Waals surface area (Å²) < 4.78 is 5.84. The molecule has 0 radical (unpaired) electrons. The summed E-state index contributed by atoms with van der Waals surface area (Å²) in [7, 11) is 0. The molecule has 0 spiro atoms. The van der Waals surface area contributed by atoms with Crippen LogP contribution in [0.3, 0.4) is 0 Å². The van der Waals surface area contributed by atoms with E-state index < -0.39 is 6.10 Å². The fourth-order valence-electron chi connectivity index (χ4n) is 2.00. The molecule has 0 saturated carbocycles.